The second-order valence-corrected chi connectivity index (χ2v) is 3.53. The van der Waals surface area contributed by atoms with Crippen LogP contribution in [0.2, 0.25) is 0 Å². The summed E-state index contributed by atoms with van der Waals surface area (Å²) in [5.74, 6) is -0.0334. The molecule has 0 spiro atoms. The monoisotopic (exact) mass is 194 g/mol. The molecule has 1 aromatic heterocycles. The summed E-state index contributed by atoms with van der Waals surface area (Å²) < 4.78 is 0.600. The van der Waals surface area contributed by atoms with Crippen molar-refractivity contribution in [1.29, 1.82) is 0 Å². The van der Waals surface area contributed by atoms with E-state index in [-0.39, 0.29) is 17.1 Å². The lowest BCUT2D eigenvalue weighted by Crippen LogP contribution is -1.81. The topological polar surface area (TPSA) is 57.5 Å². The van der Waals surface area contributed by atoms with Crippen molar-refractivity contribution in [2.45, 2.75) is 0 Å². The number of hydrogen-bond acceptors (Lipinski definition) is 4. The number of hydrogen-bond donors (Lipinski definition) is 2. The summed E-state index contributed by atoms with van der Waals surface area (Å²) in [6.45, 7) is 0. The van der Waals surface area contributed by atoms with E-state index >= 15 is 0 Å². The smallest absolute Gasteiger partial charge is 0.153 e. The molecule has 0 radical (unpaired) electrons. The molecule has 0 saturated heterocycles. The fourth-order valence-electron chi connectivity index (χ4n) is 1.22. The van der Waals surface area contributed by atoms with Crippen LogP contribution in [0.15, 0.2) is 17.5 Å². The van der Waals surface area contributed by atoms with Crippen molar-refractivity contribution in [2.75, 3.05) is 0 Å². The van der Waals surface area contributed by atoms with Crippen LogP contribution in [0.25, 0.3) is 10.1 Å². The SMILES string of the molecule is O=Cc1cc(O)c2sccc2c1O. The lowest BCUT2D eigenvalue weighted by atomic mass is 10.1. The van der Waals surface area contributed by atoms with Gasteiger partial charge in [0, 0.05) is 5.39 Å². The van der Waals surface area contributed by atoms with Crippen LogP contribution in [0.5, 0.6) is 11.5 Å². The Balaban J connectivity index is 2.93. The van der Waals surface area contributed by atoms with Crippen molar-refractivity contribution < 1.29 is 15.0 Å². The lowest BCUT2D eigenvalue weighted by molar-refractivity contribution is 0.112. The lowest BCUT2D eigenvalue weighted by Gasteiger charge is -2.00. The molecule has 2 N–H and O–H groups in total. The van der Waals surface area contributed by atoms with Crippen molar-refractivity contribution in [3.63, 3.8) is 0 Å². The van der Waals surface area contributed by atoms with Crippen molar-refractivity contribution in [3.05, 3.63) is 23.1 Å². The van der Waals surface area contributed by atoms with Crippen LogP contribution in [0.3, 0.4) is 0 Å². The van der Waals surface area contributed by atoms with Crippen LogP contribution in [0, 0.1) is 0 Å². The molecule has 0 aliphatic heterocycles. The molecule has 3 nitrogen and oxygen atoms in total. The normalized spacial score (nSPS) is 10.5. The fraction of sp³-hybridized carbons (Fsp3) is 0. The maximum absolute atomic E-state index is 10.5. The van der Waals surface area contributed by atoms with E-state index in [1.807, 2.05) is 0 Å². The highest BCUT2D eigenvalue weighted by Gasteiger charge is 2.10. The van der Waals surface area contributed by atoms with Gasteiger partial charge in [-0.05, 0) is 17.5 Å². The van der Waals surface area contributed by atoms with E-state index in [9.17, 15) is 15.0 Å². The molecule has 4 heteroatoms. The molecule has 2 aromatic rings. The second-order valence-electron chi connectivity index (χ2n) is 2.61. The molecular weight excluding hydrogens is 188 g/mol. The van der Waals surface area contributed by atoms with Gasteiger partial charge in [-0.1, -0.05) is 0 Å². The summed E-state index contributed by atoms with van der Waals surface area (Å²) in [7, 11) is 0. The van der Waals surface area contributed by atoms with Crippen LogP contribution >= 0.6 is 11.3 Å². The van der Waals surface area contributed by atoms with Crippen LogP contribution < -0.4 is 0 Å². The number of phenolic OH excluding ortho intramolecular Hbond substituents is 2. The zero-order valence-electron chi connectivity index (χ0n) is 6.52. The van der Waals surface area contributed by atoms with Crippen LogP contribution in [0.4, 0.5) is 0 Å². The Morgan fingerprint density at radius 1 is 1.38 bits per heavy atom. The summed E-state index contributed by atoms with van der Waals surface area (Å²) in [6.07, 6.45) is 0.520. The molecule has 0 aliphatic carbocycles. The molecule has 0 atom stereocenters. The third-order valence-corrected chi connectivity index (χ3v) is 2.78. The number of carbonyl (C=O) groups excluding carboxylic acids is 1. The van der Waals surface area contributed by atoms with Gasteiger partial charge in [0.25, 0.3) is 0 Å². The summed E-state index contributed by atoms with van der Waals surface area (Å²) >= 11 is 1.32. The van der Waals surface area contributed by atoms with Gasteiger partial charge in [-0.2, -0.15) is 0 Å². The van der Waals surface area contributed by atoms with Crippen molar-refractivity contribution in [3.8, 4) is 11.5 Å². The minimum atomic E-state index is -0.0657. The number of benzene rings is 1. The van der Waals surface area contributed by atoms with E-state index in [1.165, 1.54) is 17.4 Å². The number of thiophene rings is 1. The number of aromatic hydroxyl groups is 2. The van der Waals surface area contributed by atoms with Crippen LogP contribution in [0.1, 0.15) is 10.4 Å². The van der Waals surface area contributed by atoms with E-state index < -0.39 is 0 Å². The molecule has 0 bridgehead atoms. The molecular formula is C9H6O3S. The number of phenols is 2. The Labute approximate surface area is 77.9 Å². The molecule has 0 aliphatic rings. The predicted molar refractivity (Wildman–Crippen MR) is 50.5 cm³/mol. The molecule has 1 heterocycles. The highest BCUT2D eigenvalue weighted by atomic mass is 32.1. The third kappa shape index (κ3) is 1.07. The molecule has 66 valence electrons. The molecule has 0 unspecified atom stereocenters. The largest absolute Gasteiger partial charge is 0.507 e. The van der Waals surface area contributed by atoms with Crippen molar-refractivity contribution in [2.24, 2.45) is 0 Å². The standard InChI is InChI=1S/C9H6O3S/c10-4-5-3-7(11)9-6(8(5)12)1-2-13-9/h1-4,11-12H. The highest BCUT2D eigenvalue weighted by molar-refractivity contribution is 7.17. The first-order chi connectivity index (χ1) is 6.24. The predicted octanol–water partition coefficient (Wildman–Crippen LogP) is 2.12. The maximum Gasteiger partial charge on any atom is 0.153 e. The van der Waals surface area contributed by atoms with Crippen LogP contribution in [-0.4, -0.2) is 16.5 Å². The van der Waals surface area contributed by atoms with Gasteiger partial charge in [-0.25, -0.2) is 0 Å². The zero-order chi connectivity index (χ0) is 9.42. The Morgan fingerprint density at radius 2 is 2.15 bits per heavy atom. The molecule has 1 aromatic carbocycles. The van der Waals surface area contributed by atoms with Crippen molar-refractivity contribution in [1.82, 2.24) is 0 Å². The Morgan fingerprint density at radius 3 is 2.85 bits per heavy atom. The number of aldehydes is 1. The van der Waals surface area contributed by atoms with Crippen LogP contribution in [-0.2, 0) is 0 Å². The maximum atomic E-state index is 10.5. The first kappa shape index (κ1) is 8.07. The number of carbonyl (C=O) groups is 1. The van der Waals surface area contributed by atoms with Crippen molar-refractivity contribution >= 4 is 27.7 Å². The second kappa shape index (κ2) is 2.74. The average Bonchev–Trinajstić information content (AvgIpc) is 2.60. The van der Waals surface area contributed by atoms with Gasteiger partial charge in [0.05, 0.1) is 10.3 Å². The summed E-state index contributed by atoms with van der Waals surface area (Å²) in [5.41, 5.74) is 0.114. The molecule has 0 fully saturated rings. The fourth-order valence-corrected chi connectivity index (χ4v) is 2.03. The van der Waals surface area contributed by atoms with Gasteiger partial charge in [-0.3, -0.25) is 4.79 Å². The van der Waals surface area contributed by atoms with Gasteiger partial charge in [0.2, 0.25) is 0 Å². The highest BCUT2D eigenvalue weighted by Crippen LogP contribution is 2.37. The first-order valence-electron chi connectivity index (χ1n) is 3.61. The molecule has 2 rings (SSSR count). The summed E-state index contributed by atoms with van der Waals surface area (Å²) in [6, 6.07) is 2.93. The average molecular weight is 194 g/mol. The number of fused-ring (bicyclic) bond motifs is 1. The summed E-state index contributed by atoms with van der Waals surface area (Å²) in [4.78, 5) is 10.5. The zero-order valence-corrected chi connectivity index (χ0v) is 7.34. The third-order valence-electron chi connectivity index (χ3n) is 1.85. The molecule has 0 amide bonds. The Hall–Kier alpha value is -1.55. The van der Waals surface area contributed by atoms with E-state index in [0.717, 1.165) is 0 Å². The van der Waals surface area contributed by atoms with E-state index in [2.05, 4.69) is 0 Å². The van der Waals surface area contributed by atoms with Gasteiger partial charge >= 0.3 is 0 Å². The van der Waals surface area contributed by atoms with E-state index in [4.69, 9.17) is 0 Å². The van der Waals surface area contributed by atoms with Gasteiger partial charge in [-0.15, -0.1) is 11.3 Å². The minimum absolute atomic E-state index is 0.0323. The van der Waals surface area contributed by atoms with Gasteiger partial charge < -0.3 is 10.2 Å². The van der Waals surface area contributed by atoms with E-state index in [0.29, 0.717) is 16.4 Å². The minimum Gasteiger partial charge on any atom is -0.507 e. The Bertz CT molecular complexity index is 473. The molecule has 0 saturated carbocycles. The Kier molecular flexibility index (Phi) is 1.70. The first-order valence-corrected chi connectivity index (χ1v) is 4.49. The van der Waals surface area contributed by atoms with Gasteiger partial charge in [0.1, 0.15) is 11.5 Å². The molecule has 13 heavy (non-hydrogen) atoms. The number of rotatable bonds is 1. The summed E-state index contributed by atoms with van der Waals surface area (Å²) in [5, 5.41) is 21.2. The quantitative estimate of drug-likeness (QED) is 0.540. The van der Waals surface area contributed by atoms with Gasteiger partial charge in [0.15, 0.2) is 6.29 Å². The van der Waals surface area contributed by atoms with E-state index in [1.54, 1.807) is 11.4 Å².